The molecule has 4 heteroatoms. The van der Waals surface area contributed by atoms with Gasteiger partial charge in [0.25, 0.3) is 0 Å². The van der Waals surface area contributed by atoms with Gasteiger partial charge in [0.1, 0.15) is 5.75 Å². The molecule has 0 spiro atoms. The number of hydrogen-bond donors (Lipinski definition) is 1. The quantitative estimate of drug-likeness (QED) is 0.755. The smallest absolute Gasteiger partial charge is 0.137 e. The van der Waals surface area contributed by atoms with Crippen molar-refractivity contribution in [1.29, 1.82) is 0 Å². The molecule has 1 N–H and O–H groups in total. The molecule has 0 aromatic heterocycles. The Labute approximate surface area is 107 Å². The molecule has 0 fully saturated rings. The predicted octanol–water partition coefficient (Wildman–Crippen LogP) is 3.76. The fraction of sp³-hybridized carbons (Fsp3) is 0.500. The van der Waals surface area contributed by atoms with Gasteiger partial charge in [-0.2, -0.15) is 0 Å². The van der Waals surface area contributed by atoms with Gasteiger partial charge in [-0.25, -0.2) is 0 Å². The van der Waals surface area contributed by atoms with Crippen molar-refractivity contribution in [3.63, 3.8) is 0 Å². The van der Waals surface area contributed by atoms with E-state index < -0.39 is 0 Å². The number of nitrogens with one attached hydrogen (secondary N) is 1. The van der Waals surface area contributed by atoms with E-state index in [2.05, 4.69) is 5.32 Å². The zero-order valence-corrected chi connectivity index (χ0v) is 10.9. The first-order valence-corrected chi connectivity index (χ1v) is 6.22. The molecule has 0 atom stereocenters. The molecule has 16 heavy (non-hydrogen) atoms. The Kier molecular flexibility index (Phi) is 6.62. The first-order valence-electron chi connectivity index (χ1n) is 5.46. The third kappa shape index (κ3) is 5.06. The Bertz CT molecular complexity index is 318. The second-order valence-corrected chi connectivity index (χ2v) is 4.43. The van der Waals surface area contributed by atoms with Gasteiger partial charge in [0, 0.05) is 5.02 Å². The van der Waals surface area contributed by atoms with Crippen molar-refractivity contribution < 1.29 is 4.74 Å². The normalized spacial score (nSPS) is 10.4. The molecule has 0 saturated heterocycles. The summed E-state index contributed by atoms with van der Waals surface area (Å²) in [5.41, 5.74) is 0. The Morgan fingerprint density at radius 2 is 2.00 bits per heavy atom. The Morgan fingerprint density at radius 3 is 2.69 bits per heavy atom. The topological polar surface area (TPSA) is 21.3 Å². The lowest BCUT2D eigenvalue weighted by atomic mass is 10.2. The fourth-order valence-electron chi connectivity index (χ4n) is 1.36. The maximum atomic E-state index is 5.97. The second kappa shape index (κ2) is 7.77. The molecule has 1 rings (SSSR count). The summed E-state index contributed by atoms with van der Waals surface area (Å²) in [7, 11) is 1.96. The van der Waals surface area contributed by atoms with Gasteiger partial charge in [-0.05, 0) is 51.1 Å². The van der Waals surface area contributed by atoms with Crippen molar-refractivity contribution in [2.45, 2.75) is 19.3 Å². The zero-order chi connectivity index (χ0) is 11.8. The van der Waals surface area contributed by atoms with Crippen LogP contribution in [0, 0.1) is 0 Å². The molecular weight excluding hydrogens is 245 g/mol. The van der Waals surface area contributed by atoms with Crippen molar-refractivity contribution in [2.24, 2.45) is 0 Å². The summed E-state index contributed by atoms with van der Waals surface area (Å²) in [6.07, 6.45) is 3.38. The van der Waals surface area contributed by atoms with E-state index in [1.54, 1.807) is 18.2 Å². The van der Waals surface area contributed by atoms with Gasteiger partial charge in [0.15, 0.2) is 0 Å². The Balaban J connectivity index is 2.21. The van der Waals surface area contributed by atoms with Gasteiger partial charge in [-0.3, -0.25) is 0 Å². The van der Waals surface area contributed by atoms with Gasteiger partial charge >= 0.3 is 0 Å². The van der Waals surface area contributed by atoms with Crippen LogP contribution in [0.5, 0.6) is 5.75 Å². The van der Waals surface area contributed by atoms with Crippen molar-refractivity contribution in [1.82, 2.24) is 5.32 Å². The highest BCUT2D eigenvalue weighted by molar-refractivity contribution is 6.35. The Hall–Kier alpha value is -0.440. The molecule has 90 valence electrons. The molecule has 0 aliphatic heterocycles. The van der Waals surface area contributed by atoms with E-state index in [0.29, 0.717) is 22.4 Å². The van der Waals surface area contributed by atoms with Crippen molar-refractivity contribution in [3.05, 3.63) is 28.2 Å². The van der Waals surface area contributed by atoms with Gasteiger partial charge < -0.3 is 10.1 Å². The van der Waals surface area contributed by atoms with Crippen LogP contribution in [0.2, 0.25) is 10.0 Å². The van der Waals surface area contributed by atoms with Crippen molar-refractivity contribution in [2.75, 3.05) is 20.2 Å². The first-order chi connectivity index (χ1) is 7.74. The van der Waals surface area contributed by atoms with Gasteiger partial charge in [0.05, 0.1) is 11.6 Å². The maximum Gasteiger partial charge on any atom is 0.137 e. The minimum Gasteiger partial charge on any atom is -0.492 e. The van der Waals surface area contributed by atoms with Crippen molar-refractivity contribution in [3.8, 4) is 5.75 Å². The average molecular weight is 262 g/mol. The molecule has 0 amide bonds. The number of benzene rings is 1. The number of hydrogen-bond acceptors (Lipinski definition) is 2. The van der Waals surface area contributed by atoms with Gasteiger partial charge in [-0.15, -0.1) is 0 Å². The van der Waals surface area contributed by atoms with Crippen LogP contribution in [0.25, 0.3) is 0 Å². The van der Waals surface area contributed by atoms with E-state index >= 15 is 0 Å². The molecule has 1 aromatic carbocycles. The molecule has 0 saturated carbocycles. The van der Waals surface area contributed by atoms with E-state index in [1.165, 1.54) is 6.42 Å². The SMILES string of the molecule is CNCCCCCOc1ccc(Cl)cc1Cl. The van der Waals surface area contributed by atoms with Crippen LogP contribution in [0.3, 0.4) is 0 Å². The lowest BCUT2D eigenvalue weighted by Gasteiger charge is -2.07. The van der Waals surface area contributed by atoms with E-state index in [9.17, 15) is 0 Å². The van der Waals surface area contributed by atoms with Crippen LogP contribution in [0.4, 0.5) is 0 Å². The molecule has 1 aromatic rings. The number of ether oxygens (including phenoxy) is 1. The summed E-state index contributed by atoms with van der Waals surface area (Å²) in [6, 6.07) is 5.28. The minimum atomic E-state index is 0.572. The minimum absolute atomic E-state index is 0.572. The fourth-order valence-corrected chi connectivity index (χ4v) is 1.82. The lowest BCUT2D eigenvalue weighted by molar-refractivity contribution is 0.305. The van der Waals surface area contributed by atoms with Crippen LogP contribution in [0.1, 0.15) is 19.3 Å². The summed E-state index contributed by atoms with van der Waals surface area (Å²) in [5, 5.41) is 4.32. The van der Waals surface area contributed by atoms with Crippen LogP contribution < -0.4 is 10.1 Å². The van der Waals surface area contributed by atoms with Crippen LogP contribution >= 0.6 is 23.2 Å². The highest BCUT2D eigenvalue weighted by atomic mass is 35.5. The first kappa shape index (κ1) is 13.6. The van der Waals surface area contributed by atoms with E-state index in [0.717, 1.165) is 19.4 Å². The number of rotatable bonds is 7. The monoisotopic (exact) mass is 261 g/mol. The largest absolute Gasteiger partial charge is 0.492 e. The summed E-state index contributed by atoms with van der Waals surface area (Å²) in [5.74, 6) is 0.708. The van der Waals surface area contributed by atoms with Gasteiger partial charge in [-0.1, -0.05) is 23.2 Å². The van der Waals surface area contributed by atoms with Crippen molar-refractivity contribution >= 4 is 23.2 Å². The van der Waals surface area contributed by atoms with E-state index in [-0.39, 0.29) is 0 Å². The number of halogens is 2. The van der Waals surface area contributed by atoms with Crippen LogP contribution in [-0.2, 0) is 0 Å². The number of unbranched alkanes of at least 4 members (excludes halogenated alkanes) is 2. The molecule has 2 nitrogen and oxygen atoms in total. The molecule has 0 bridgehead atoms. The molecular formula is C12H17Cl2NO. The average Bonchev–Trinajstić information content (AvgIpc) is 2.26. The predicted molar refractivity (Wildman–Crippen MR) is 69.7 cm³/mol. The highest BCUT2D eigenvalue weighted by Gasteiger charge is 2.01. The van der Waals surface area contributed by atoms with Crippen LogP contribution in [-0.4, -0.2) is 20.2 Å². The lowest BCUT2D eigenvalue weighted by Crippen LogP contribution is -2.07. The van der Waals surface area contributed by atoms with Gasteiger partial charge in [0.2, 0.25) is 0 Å². The standard InChI is InChI=1S/C12H17Cl2NO/c1-15-7-3-2-4-8-16-12-6-5-10(13)9-11(12)14/h5-6,9,15H,2-4,7-8H2,1H3. The van der Waals surface area contributed by atoms with E-state index in [1.807, 2.05) is 7.05 Å². The molecule has 0 aliphatic rings. The highest BCUT2D eigenvalue weighted by Crippen LogP contribution is 2.27. The second-order valence-electron chi connectivity index (χ2n) is 3.59. The molecule has 0 aliphatic carbocycles. The summed E-state index contributed by atoms with van der Waals surface area (Å²) < 4.78 is 5.56. The summed E-state index contributed by atoms with van der Waals surface area (Å²) in [6.45, 7) is 1.76. The molecule has 0 heterocycles. The Morgan fingerprint density at radius 1 is 1.19 bits per heavy atom. The third-order valence-electron chi connectivity index (χ3n) is 2.22. The molecule has 0 radical (unpaired) electrons. The molecule has 0 unspecified atom stereocenters. The zero-order valence-electron chi connectivity index (χ0n) is 9.43. The summed E-state index contributed by atoms with van der Waals surface area (Å²) >= 11 is 11.8. The van der Waals surface area contributed by atoms with E-state index in [4.69, 9.17) is 27.9 Å². The maximum absolute atomic E-state index is 5.97. The third-order valence-corrected chi connectivity index (χ3v) is 2.75. The summed E-state index contributed by atoms with van der Waals surface area (Å²) in [4.78, 5) is 0. The van der Waals surface area contributed by atoms with Crippen LogP contribution in [0.15, 0.2) is 18.2 Å².